The minimum absolute atomic E-state index is 0.0351. The number of nitrogens with zero attached hydrogens (tertiary/aromatic N) is 1. The smallest absolute Gasteiger partial charge is 0.243 e. The zero-order valence-corrected chi connectivity index (χ0v) is 14.1. The summed E-state index contributed by atoms with van der Waals surface area (Å²) in [6.07, 6.45) is 0. The first-order valence-electron chi connectivity index (χ1n) is 7.92. The topological polar surface area (TPSA) is 61.4 Å². The average Bonchev–Trinajstić information content (AvgIpc) is 2.65. The van der Waals surface area contributed by atoms with Crippen molar-refractivity contribution in [1.82, 2.24) is 5.32 Å². The Morgan fingerprint density at radius 2 is 1.65 bits per heavy atom. The molecule has 0 spiro atoms. The van der Waals surface area contributed by atoms with E-state index in [0.29, 0.717) is 12.6 Å². The second kappa shape index (κ2) is 8.89. The molecule has 2 amide bonds. The van der Waals surface area contributed by atoms with E-state index < -0.39 is 41.5 Å². The van der Waals surface area contributed by atoms with Crippen LogP contribution in [-0.2, 0) is 9.59 Å². The molecule has 5 nitrogen and oxygen atoms in total. The van der Waals surface area contributed by atoms with Crippen LogP contribution < -0.4 is 15.5 Å². The first-order valence-corrected chi connectivity index (χ1v) is 7.92. The van der Waals surface area contributed by atoms with Gasteiger partial charge in [0.2, 0.25) is 11.8 Å². The van der Waals surface area contributed by atoms with E-state index in [4.69, 9.17) is 0 Å². The van der Waals surface area contributed by atoms with E-state index in [1.54, 1.807) is 0 Å². The maximum absolute atomic E-state index is 13.5. The van der Waals surface area contributed by atoms with Crippen molar-refractivity contribution in [2.45, 2.75) is 6.92 Å². The van der Waals surface area contributed by atoms with Gasteiger partial charge in [0.15, 0.2) is 17.5 Å². The molecule has 0 fully saturated rings. The molecule has 0 saturated heterocycles. The van der Waals surface area contributed by atoms with E-state index in [1.807, 2.05) is 42.2 Å². The number of amides is 2. The normalized spacial score (nSPS) is 10.3. The van der Waals surface area contributed by atoms with Gasteiger partial charge in [-0.25, -0.2) is 13.2 Å². The number of benzene rings is 2. The summed E-state index contributed by atoms with van der Waals surface area (Å²) in [7, 11) is 0. The van der Waals surface area contributed by atoms with Crippen LogP contribution in [0.3, 0.4) is 0 Å². The Hall–Kier alpha value is -3.03. The van der Waals surface area contributed by atoms with Crippen molar-refractivity contribution in [3.05, 3.63) is 59.9 Å². The van der Waals surface area contributed by atoms with Crippen molar-refractivity contribution in [3.8, 4) is 0 Å². The van der Waals surface area contributed by atoms with Crippen LogP contribution in [0.4, 0.5) is 24.5 Å². The van der Waals surface area contributed by atoms with Gasteiger partial charge >= 0.3 is 0 Å². The van der Waals surface area contributed by atoms with Crippen LogP contribution in [-0.4, -0.2) is 31.4 Å². The number of para-hydroxylation sites is 1. The van der Waals surface area contributed by atoms with Crippen LogP contribution in [0.5, 0.6) is 0 Å². The van der Waals surface area contributed by atoms with Crippen molar-refractivity contribution in [3.63, 3.8) is 0 Å². The molecule has 2 N–H and O–H groups in total. The fourth-order valence-electron chi connectivity index (χ4n) is 2.25. The largest absolute Gasteiger partial charge is 0.363 e. The van der Waals surface area contributed by atoms with Crippen LogP contribution in [0.1, 0.15) is 6.92 Å². The molecule has 0 aromatic heterocycles. The van der Waals surface area contributed by atoms with E-state index >= 15 is 0 Å². The molecule has 2 rings (SSSR count). The van der Waals surface area contributed by atoms with Crippen LogP contribution in [0.15, 0.2) is 42.5 Å². The van der Waals surface area contributed by atoms with E-state index in [1.165, 1.54) is 0 Å². The fourth-order valence-corrected chi connectivity index (χ4v) is 2.25. The lowest BCUT2D eigenvalue weighted by Gasteiger charge is -2.22. The van der Waals surface area contributed by atoms with E-state index in [0.717, 1.165) is 11.8 Å². The Bertz CT molecular complexity index is 785. The number of rotatable bonds is 7. The first-order chi connectivity index (χ1) is 12.4. The SMILES string of the molecule is CCN(CC(=O)NCC(=O)Nc1ccc(F)c(F)c1F)c1ccccc1. The molecule has 0 saturated carbocycles. The third kappa shape index (κ3) is 4.98. The van der Waals surface area contributed by atoms with Gasteiger partial charge in [0, 0.05) is 12.2 Å². The molecular formula is C18H18F3N3O2. The van der Waals surface area contributed by atoms with Gasteiger partial charge in [-0.15, -0.1) is 0 Å². The predicted octanol–water partition coefficient (Wildman–Crippen LogP) is 2.69. The minimum atomic E-state index is -1.67. The Balaban J connectivity index is 1.87. The fraction of sp³-hybridized carbons (Fsp3) is 0.222. The predicted molar refractivity (Wildman–Crippen MR) is 92.3 cm³/mol. The number of hydrogen-bond donors (Lipinski definition) is 2. The van der Waals surface area contributed by atoms with Gasteiger partial charge < -0.3 is 15.5 Å². The number of carbonyl (C=O) groups is 2. The van der Waals surface area contributed by atoms with Gasteiger partial charge in [-0.05, 0) is 31.2 Å². The Morgan fingerprint density at radius 3 is 2.31 bits per heavy atom. The van der Waals surface area contributed by atoms with E-state index in [9.17, 15) is 22.8 Å². The summed E-state index contributed by atoms with van der Waals surface area (Å²) in [6, 6.07) is 10.9. The van der Waals surface area contributed by atoms with Gasteiger partial charge in [0.05, 0.1) is 18.8 Å². The van der Waals surface area contributed by atoms with Crippen LogP contribution in [0, 0.1) is 17.5 Å². The minimum Gasteiger partial charge on any atom is -0.363 e. The molecule has 26 heavy (non-hydrogen) atoms. The molecule has 0 bridgehead atoms. The Labute approximate surface area is 148 Å². The maximum atomic E-state index is 13.5. The van der Waals surface area contributed by atoms with E-state index in [-0.39, 0.29) is 6.54 Å². The number of hydrogen-bond acceptors (Lipinski definition) is 3. The van der Waals surface area contributed by atoms with Crippen LogP contribution >= 0.6 is 0 Å². The summed E-state index contributed by atoms with van der Waals surface area (Å²) < 4.78 is 39.5. The van der Waals surface area contributed by atoms with Crippen molar-refractivity contribution in [2.24, 2.45) is 0 Å². The molecule has 0 atom stereocenters. The lowest BCUT2D eigenvalue weighted by Crippen LogP contribution is -2.40. The summed E-state index contributed by atoms with van der Waals surface area (Å²) >= 11 is 0. The highest BCUT2D eigenvalue weighted by Crippen LogP contribution is 2.19. The molecule has 8 heteroatoms. The van der Waals surface area contributed by atoms with E-state index in [2.05, 4.69) is 10.6 Å². The molecular weight excluding hydrogens is 347 g/mol. The maximum Gasteiger partial charge on any atom is 0.243 e. The average molecular weight is 365 g/mol. The monoisotopic (exact) mass is 365 g/mol. The molecule has 138 valence electrons. The summed E-state index contributed by atoms with van der Waals surface area (Å²) in [5.74, 6) is -5.68. The highest BCUT2D eigenvalue weighted by atomic mass is 19.2. The Morgan fingerprint density at radius 1 is 0.962 bits per heavy atom. The Kier molecular flexibility index (Phi) is 6.60. The number of anilines is 2. The first kappa shape index (κ1) is 19.3. The quantitative estimate of drug-likeness (QED) is 0.742. The highest BCUT2D eigenvalue weighted by molar-refractivity contribution is 5.95. The number of carbonyl (C=O) groups excluding carboxylic acids is 2. The number of likely N-dealkylation sites (N-methyl/N-ethyl adjacent to an activating group) is 1. The summed E-state index contributed by atoms with van der Waals surface area (Å²) in [4.78, 5) is 25.6. The standard InChI is InChI=1S/C18H18F3N3O2/c1-2-24(12-6-4-3-5-7-12)11-16(26)22-10-15(25)23-14-9-8-13(19)17(20)18(14)21/h3-9H,2,10-11H2,1H3,(H,22,26)(H,23,25). The van der Waals surface area contributed by atoms with Gasteiger partial charge in [-0.2, -0.15) is 0 Å². The summed E-state index contributed by atoms with van der Waals surface area (Å²) in [6.45, 7) is 2.08. The van der Waals surface area contributed by atoms with Crippen molar-refractivity contribution >= 4 is 23.2 Å². The molecule has 0 aliphatic rings. The van der Waals surface area contributed by atoms with Gasteiger partial charge in [0.25, 0.3) is 0 Å². The van der Waals surface area contributed by atoms with Gasteiger partial charge in [0.1, 0.15) is 0 Å². The van der Waals surface area contributed by atoms with Crippen molar-refractivity contribution in [2.75, 3.05) is 29.9 Å². The summed E-state index contributed by atoms with van der Waals surface area (Å²) in [5.41, 5.74) is 0.362. The summed E-state index contributed by atoms with van der Waals surface area (Å²) in [5, 5.41) is 4.48. The van der Waals surface area contributed by atoms with Crippen molar-refractivity contribution in [1.29, 1.82) is 0 Å². The number of nitrogens with one attached hydrogen (secondary N) is 2. The van der Waals surface area contributed by atoms with Gasteiger partial charge in [-0.1, -0.05) is 18.2 Å². The third-order valence-electron chi connectivity index (χ3n) is 3.59. The molecule has 2 aromatic rings. The molecule has 0 heterocycles. The zero-order valence-electron chi connectivity index (χ0n) is 14.1. The van der Waals surface area contributed by atoms with Crippen LogP contribution in [0.2, 0.25) is 0 Å². The van der Waals surface area contributed by atoms with Crippen LogP contribution in [0.25, 0.3) is 0 Å². The lowest BCUT2D eigenvalue weighted by molar-refractivity contribution is -0.123. The number of halogens is 3. The molecule has 0 unspecified atom stereocenters. The second-order valence-electron chi connectivity index (χ2n) is 5.40. The third-order valence-corrected chi connectivity index (χ3v) is 3.59. The molecule has 0 aliphatic heterocycles. The highest BCUT2D eigenvalue weighted by Gasteiger charge is 2.16. The molecule has 0 radical (unpaired) electrons. The van der Waals surface area contributed by atoms with Gasteiger partial charge in [-0.3, -0.25) is 9.59 Å². The molecule has 2 aromatic carbocycles. The molecule has 0 aliphatic carbocycles. The lowest BCUT2D eigenvalue weighted by atomic mass is 10.2. The second-order valence-corrected chi connectivity index (χ2v) is 5.40. The van der Waals surface area contributed by atoms with Crippen molar-refractivity contribution < 1.29 is 22.8 Å². The zero-order chi connectivity index (χ0) is 19.1.